The molecule has 7 heteroatoms. The number of nitriles is 1. The van der Waals surface area contributed by atoms with Crippen molar-refractivity contribution in [2.45, 2.75) is 12.1 Å². The third kappa shape index (κ3) is 3.91. The van der Waals surface area contributed by atoms with E-state index in [0.717, 1.165) is 22.2 Å². The van der Waals surface area contributed by atoms with Gasteiger partial charge in [-0.1, -0.05) is 23.9 Å². The smallest absolute Gasteiger partial charge is 0.214 e. The first-order chi connectivity index (χ1) is 11.8. The van der Waals surface area contributed by atoms with Gasteiger partial charge in [0, 0.05) is 5.75 Å². The van der Waals surface area contributed by atoms with Gasteiger partial charge in [0.2, 0.25) is 5.16 Å². The molecule has 0 saturated heterocycles. The highest BCUT2D eigenvalue weighted by Gasteiger charge is 2.09. The van der Waals surface area contributed by atoms with Crippen LogP contribution in [0.1, 0.15) is 11.1 Å². The Morgan fingerprint density at radius 1 is 1.21 bits per heavy atom. The third-order valence-electron chi connectivity index (χ3n) is 3.25. The van der Waals surface area contributed by atoms with Gasteiger partial charge in [-0.25, -0.2) is 0 Å². The molecule has 2 aromatic carbocycles. The van der Waals surface area contributed by atoms with Crippen molar-refractivity contribution in [3.63, 3.8) is 0 Å². The van der Waals surface area contributed by atoms with E-state index in [1.54, 1.807) is 28.9 Å². The monoisotopic (exact) mass is 337 g/mol. The Balaban J connectivity index is 1.56. The van der Waals surface area contributed by atoms with Crippen LogP contribution in [-0.4, -0.2) is 32.6 Å². The maximum Gasteiger partial charge on any atom is 0.214 e. The van der Waals surface area contributed by atoms with E-state index in [1.807, 2.05) is 31.2 Å². The minimum atomic E-state index is 0.525. The number of aryl methyl sites for hydroxylation is 1. The lowest BCUT2D eigenvalue weighted by Gasteiger charge is -2.07. The standard InChI is InChI=1S/C17H15N5OS/c1-13-3-2-4-15(11-13)22-17(19-20-21-22)24-10-9-23-16-7-5-14(12-18)6-8-16/h2-8,11H,9-10H2,1H3. The van der Waals surface area contributed by atoms with Crippen LogP contribution in [0.5, 0.6) is 5.75 Å². The van der Waals surface area contributed by atoms with Crippen molar-refractivity contribution in [3.05, 3.63) is 59.7 Å². The predicted molar refractivity (Wildman–Crippen MR) is 91.3 cm³/mol. The molecule has 0 aliphatic rings. The summed E-state index contributed by atoms with van der Waals surface area (Å²) in [7, 11) is 0. The SMILES string of the molecule is Cc1cccc(-n2nnnc2SCCOc2ccc(C#N)cc2)c1. The molecule has 0 aliphatic heterocycles. The Bertz CT molecular complexity index is 854. The average molecular weight is 337 g/mol. The maximum absolute atomic E-state index is 8.77. The van der Waals surface area contributed by atoms with Gasteiger partial charge in [-0.2, -0.15) is 9.94 Å². The molecule has 0 unspecified atom stereocenters. The Morgan fingerprint density at radius 3 is 2.79 bits per heavy atom. The second kappa shape index (κ2) is 7.62. The number of nitrogens with zero attached hydrogens (tertiary/aromatic N) is 5. The molecule has 0 amide bonds. The number of thioether (sulfide) groups is 1. The number of rotatable bonds is 6. The van der Waals surface area contributed by atoms with Crippen LogP contribution in [-0.2, 0) is 0 Å². The lowest BCUT2D eigenvalue weighted by Crippen LogP contribution is -2.03. The van der Waals surface area contributed by atoms with E-state index in [9.17, 15) is 0 Å². The topological polar surface area (TPSA) is 76.6 Å². The van der Waals surface area contributed by atoms with E-state index in [1.165, 1.54) is 11.8 Å². The molecular formula is C17H15N5OS. The molecule has 6 nitrogen and oxygen atoms in total. The summed E-state index contributed by atoms with van der Waals surface area (Å²) in [5.41, 5.74) is 2.72. The zero-order valence-corrected chi connectivity index (χ0v) is 13.9. The molecule has 0 spiro atoms. The molecule has 1 heterocycles. The van der Waals surface area contributed by atoms with Gasteiger partial charge >= 0.3 is 0 Å². The van der Waals surface area contributed by atoms with E-state index >= 15 is 0 Å². The summed E-state index contributed by atoms with van der Waals surface area (Å²) in [5.74, 6) is 1.46. The molecule has 3 rings (SSSR count). The van der Waals surface area contributed by atoms with Gasteiger partial charge in [0.1, 0.15) is 5.75 Å². The molecule has 0 fully saturated rings. The Labute approximate surface area is 144 Å². The van der Waals surface area contributed by atoms with Crippen molar-refractivity contribution in [1.82, 2.24) is 20.2 Å². The average Bonchev–Trinajstić information content (AvgIpc) is 3.08. The lowest BCUT2D eigenvalue weighted by molar-refractivity contribution is 0.344. The van der Waals surface area contributed by atoms with Crippen LogP contribution < -0.4 is 4.74 Å². The van der Waals surface area contributed by atoms with Gasteiger partial charge in [0.05, 0.1) is 23.9 Å². The highest BCUT2D eigenvalue weighted by atomic mass is 32.2. The second-order valence-corrected chi connectivity index (χ2v) is 6.11. The Kier molecular flexibility index (Phi) is 5.08. The second-order valence-electron chi connectivity index (χ2n) is 5.05. The summed E-state index contributed by atoms with van der Waals surface area (Å²) < 4.78 is 7.38. The number of tetrazole rings is 1. The first-order valence-electron chi connectivity index (χ1n) is 7.37. The van der Waals surface area contributed by atoms with E-state index in [4.69, 9.17) is 10.00 Å². The molecule has 1 aromatic heterocycles. The zero-order valence-electron chi connectivity index (χ0n) is 13.1. The van der Waals surface area contributed by atoms with Crippen LogP contribution in [0.2, 0.25) is 0 Å². The van der Waals surface area contributed by atoms with Crippen LogP contribution in [0.15, 0.2) is 53.7 Å². The summed E-state index contributed by atoms with van der Waals surface area (Å²) in [6, 6.07) is 17.2. The zero-order chi connectivity index (χ0) is 16.8. The summed E-state index contributed by atoms with van der Waals surface area (Å²) in [6.07, 6.45) is 0. The number of hydrogen-bond acceptors (Lipinski definition) is 6. The minimum absolute atomic E-state index is 0.525. The molecule has 0 saturated carbocycles. The predicted octanol–water partition coefficient (Wildman–Crippen LogP) is 3.01. The fourth-order valence-corrected chi connectivity index (χ4v) is 2.82. The first kappa shape index (κ1) is 16.0. The number of hydrogen-bond donors (Lipinski definition) is 0. The molecule has 120 valence electrons. The molecule has 0 atom stereocenters. The van der Waals surface area contributed by atoms with Crippen LogP contribution in [0.3, 0.4) is 0 Å². The Morgan fingerprint density at radius 2 is 2.04 bits per heavy atom. The summed E-state index contributed by atoms with van der Waals surface area (Å²) >= 11 is 1.53. The molecule has 0 N–H and O–H groups in total. The van der Waals surface area contributed by atoms with Crippen LogP contribution >= 0.6 is 11.8 Å². The molecule has 3 aromatic rings. The lowest BCUT2D eigenvalue weighted by atomic mass is 10.2. The Hall–Kier alpha value is -2.85. The van der Waals surface area contributed by atoms with Gasteiger partial charge in [0.15, 0.2) is 0 Å². The van der Waals surface area contributed by atoms with E-state index in [2.05, 4.69) is 21.6 Å². The minimum Gasteiger partial charge on any atom is -0.493 e. The van der Waals surface area contributed by atoms with Crippen molar-refractivity contribution in [2.75, 3.05) is 12.4 Å². The van der Waals surface area contributed by atoms with Crippen molar-refractivity contribution in [3.8, 4) is 17.5 Å². The van der Waals surface area contributed by atoms with E-state index in [0.29, 0.717) is 17.9 Å². The summed E-state index contributed by atoms with van der Waals surface area (Å²) in [4.78, 5) is 0. The van der Waals surface area contributed by atoms with Gasteiger partial charge in [-0.3, -0.25) is 0 Å². The van der Waals surface area contributed by atoms with Crippen LogP contribution in [0.4, 0.5) is 0 Å². The largest absolute Gasteiger partial charge is 0.493 e. The first-order valence-corrected chi connectivity index (χ1v) is 8.36. The van der Waals surface area contributed by atoms with Crippen LogP contribution in [0, 0.1) is 18.3 Å². The molecule has 0 bridgehead atoms. The normalized spacial score (nSPS) is 10.3. The highest BCUT2D eigenvalue weighted by Crippen LogP contribution is 2.19. The molecular weight excluding hydrogens is 322 g/mol. The van der Waals surface area contributed by atoms with Crippen molar-refractivity contribution >= 4 is 11.8 Å². The van der Waals surface area contributed by atoms with Gasteiger partial charge in [-0.15, -0.1) is 5.10 Å². The van der Waals surface area contributed by atoms with Crippen molar-refractivity contribution < 1.29 is 4.74 Å². The molecule has 0 aliphatic carbocycles. The van der Waals surface area contributed by atoms with E-state index < -0.39 is 0 Å². The summed E-state index contributed by atoms with van der Waals surface area (Å²) in [5, 5.41) is 21.4. The van der Waals surface area contributed by atoms with Gasteiger partial charge < -0.3 is 4.74 Å². The number of aromatic nitrogens is 4. The molecule has 24 heavy (non-hydrogen) atoms. The number of ether oxygens (including phenoxy) is 1. The van der Waals surface area contributed by atoms with Crippen molar-refractivity contribution in [1.29, 1.82) is 5.26 Å². The van der Waals surface area contributed by atoms with Crippen LogP contribution in [0.25, 0.3) is 5.69 Å². The van der Waals surface area contributed by atoms with Gasteiger partial charge in [0.25, 0.3) is 0 Å². The fraction of sp³-hybridized carbons (Fsp3) is 0.176. The quantitative estimate of drug-likeness (QED) is 0.508. The number of benzene rings is 2. The maximum atomic E-state index is 8.77. The summed E-state index contributed by atoms with van der Waals surface area (Å²) in [6.45, 7) is 2.56. The van der Waals surface area contributed by atoms with Crippen molar-refractivity contribution in [2.24, 2.45) is 0 Å². The highest BCUT2D eigenvalue weighted by molar-refractivity contribution is 7.99. The fourth-order valence-electron chi connectivity index (χ4n) is 2.11. The van der Waals surface area contributed by atoms with Gasteiger partial charge in [-0.05, 0) is 59.3 Å². The molecule has 0 radical (unpaired) electrons. The third-order valence-corrected chi connectivity index (χ3v) is 4.14. The van der Waals surface area contributed by atoms with E-state index in [-0.39, 0.29) is 0 Å².